The van der Waals surface area contributed by atoms with Gasteiger partial charge in [-0.1, -0.05) is 0 Å². The van der Waals surface area contributed by atoms with Gasteiger partial charge in [0.25, 0.3) is 0 Å². The highest BCUT2D eigenvalue weighted by molar-refractivity contribution is 5.85. The summed E-state index contributed by atoms with van der Waals surface area (Å²) in [5.74, 6) is -0.421. The van der Waals surface area contributed by atoms with Gasteiger partial charge in [-0.2, -0.15) is 0 Å². The number of carbonyl (C=O) groups is 2. The molecule has 1 heterocycles. The van der Waals surface area contributed by atoms with Crippen molar-refractivity contribution in [3.63, 3.8) is 0 Å². The van der Waals surface area contributed by atoms with E-state index in [2.05, 4.69) is 10.6 Å². The number of carbonyl (C=O) groups excluding carboxylic acids is 2. The van der Waals surface area contributed by atoms with E-state index in [1.54, 1.807) is 6.92 Å². The number of hydrogen-bond donors (Lipinski definition) is 2. The van der Waals surface area contributed by atoms with Crippen molar-refractivity contribution in [3.05, 3.63) is 0 Å². The summed E-state index contributed by atoms with van der Waals surface area (Å²) in [5, 5.41) is 5.94. The van der Waals surface area contributed by atoms with Gasteiger partial charge in [0.2, 0.25) is 5.91 Å². The summed E-state index contributed by atoms with van der Waals surface area (Å²) >= 11 is 0. The van der Waals surface area contributed by atoms with E-state index >= 15 is 0 Å². The summed E-state index contributed by atoms with van der Waals surface area (Å²) in [6, 6.07) is -0.591. The van der Waals surface area contributed by atoms with Crippen LogP contribution in [0, 0.1) is 5.92 Å². The molecule has 2 N–H and O–H groups in total. The average Bonchev–Trinajstić information content (AvgIpc) is 2.27. The Kier molecular flexibility index (Phi) is 5.14. The molecule has 18 heavy (non-hydrogen) atoms. The Morgan fingerprint density at radius 2 is 1.83 bits per heavy atom. The minimum absolute atomic E-state index is 0.0103. The number of rotatable bonds is 3. The van der Waals surface area contributed by atoms with E-state index in [4.69, 9.17) is 4.74 Å². The van der Waals surface area contributed by atoms with Crippen molar-refractivity contribution in [1.82, 2.24) is 10.6 Å². The summed E-state index contributed by atoms with van der Waals surface area (Å²) in [6.07, 6.45) is 1.65. The first-order valence-electron chi connectivity index (χ1n) is 6.53. The van der Waals surface area contributed by atoms with E-state index in [1.807, 2.05) is 20.8 Å². The Hall–Kier alpha value is -1.10. The summed E-state index contributed by atoms with van der Waals surface area (Å²) in [6.45, 7) is 8.82. The third-order valence-corrected chi connectivity index (χ3v) is 2.83. The summed E-state index contributed by atoms with van der Waals surface area (Å²) in [5.41, 5.74) is -0.523. The van der Waals surface area contributed by atoms with Crippen LogP contribution in [-0.4, -0.2) is 36.6 Å². The first-order chi connectivity index (χ1) is 8.29. The molecule has 1 fully saturated rings. The van der Waals surface area contributed by atoms with Gasteiger partial charge in [-0.3, -0.25) is 4.79 Å². The first kappa shape index (κ1) is 15.0. The van der Waals surface area contributed by atoms with E-state index in [0.717, 1.165) is 25.9 Å². The molecule has 1 rings (SSSR count). The molecule has 0 radical (unpaired) electrons. The van der Waals surface area contributed by atoms with Crippen molar-refractivity contribution in [2.45, 2.75) is 52.2 Å². The second-order valence-electron chi connectivity index (χ2n) is 5.79. The maximum atomic E-state index is 11.9. The number of nitrogens with one attached hydrogen (secondary N) is 2. The van der Waals surface area contributed by atoms with Gasteiger partial charge in [-0.05, 0) is 53.6 Å². The first-order valence-corrected chi connectivity index (χ1v) is 6.53. The van der Waals surface area contributed by atoms with E-state index in [-0.39, 0.29) is 17.8 Å². The summed E-state index contributed by atoms with van der Waals surface area (Å²) in [7, 11) is 0. The van der Waals surface area contributed by atoms with Crippen molar-refractivity contribution >= 4 is 11.9 Å². The Morgan fingerprint density at radius 1 is 1.28 bits per heavy atom. The third-order valence-electron chi connectivity index (χ3n) is 2.83. The third kappa shape index (κ3) is 5.04. The minimum Gasteiger partial charge on any atom is -0.458 e. The molecule has 1 unspecified atom stereocenters. The molecule has 1 aliphatic heterocycles. The second-order valence-corrected chi connectivity index (χ2v) is 5.79. The van der Waals surface area contributed by atoms with Gasteiger partial charge in [0.1, 0.15) is 11.6 Å². The highest BCUT2D eigenvalue weighted by Crippen LogP contribution is 2.13. The predicted octanol–water partition coefficient (Wildman–Crippen LogP) is 0.832. The molecule has 0 aliphatic carbocycles. The van der Waals surface area contributed by atoms with Crippen LogP contribution in [0.3, 0.4) is 0 Å². The quantitative estimate of drug-likeness (QED) is 0.734. The SMILES string of the molecule is CC(NC(=O)C1CCNCC1)C(=O)OC(C)(C)C. The molecule has 5 nitrogen and oxygen atoms in total. The number of piperidine rings is 1. The van der Waals surface area contributed by atoms with Crippen LogP contribution in [0.15, 0.2) is 0 Å². The van der Waals surface area contributed by atoms with Crippen molar-refractivity contribution in [2.24, 2.45) is 5.92 Å². The number of esters is 1. The molecule has 0 spiro atoms. The monoisotopic (exact) mass is 256 g/mol. The van der Waals surface area contributed by atoms with E-state index in [9.17, 15) is 9.59 Å². The maximum absolute atomic E-state index is 11.9. The Morgan fingerprint density at radius 3 is 2.33 bits per heavy atom. The van der Waals surface area contributed by atoms with E-state index in [0.29, 0.717) is 0 Å². The molecule has 0 saturated carbocycles. The largest absolute Gasteiger partial charge is 0.458 e. The normalized spacial score (nSPS) is 19.1. The Labute approximate surface area is 109 Å². The molecule has 0 aromatic carbocycles. The lowest BCUT2D eigenvalue weighted by atomic mass is 9.97. The number of amides is 1. The molecule has 1 amide bonds. The van der Waals surface area contributed by atoms with Gasteiger partial charge in [0.15, 0.2) is 0 Å². The zero-order valence-electron chi connectivity index (χ0n) is 11.7. The van der Waals surface area contributed by atoms with Crippen LogP contribution in [0.4, 0.5) is 0 Å². The molecular weight excluding hydrogens is 232 g/mol. The fourth-order valence-corrected chi connectivity index (χ4v) is 1.86. The fourth-order valence-electron chi connectivity index (χ4n) is 1.86. The zero-order valence-corrected chi connectivity index (χ0v) is 11.7. The van der Waals surface area contributed by atoms with Gasteiger partial charge in [-0.25, -0.2) is 4.79 Å². The second kappa shape index (κ2) is 6.18. The topological polar surface area (TPSA) is 67.4 Å². The van der Waals surface area contributed by atoms with Crippen LogP contribution >= 0.6 is 0 Å². The van der Waals surface area contributed by atoms with Crippen LogP contribution < -0.4 is 10.6 Å². The van der Waals surface area contributed by atoms with Crippen LogP contribution in [0.2, 0.25) is 0 Å². The Bertz CT molecular complexity index is 304. The van der Waals surface area contributed by atoms with Crippen molar-refractivity contribution < 1.29 is 14.3 Å². The van der Waals surface area contributed by atoms with E-state index < -0.39 is 11.6 Å². The van der Waals surface area contributed by atoms with Crippen molar-refractivity contribution in [1.29, 1.82) is 0 Å². The lowest BCUT2D eigenvalue weighted by Gasteiger charge is -2.25. The smallest absolute Gasteiger partial charge is 0.328 e. The highest BCUT2D eigenvalue weighted by atomic mass is 16.6. The van der Waals surface area contributed by atoms with Crippen LogP contribution in [0.5, 0.6) is 0 Å². The molecular formula is C13H24N2O3. The summed E-state index contributed by atoms with van der Waals surface area (Å²) < 4.78 is 5.22. The number of hydrogen-bond acceptors (Lipinski definition) is 4. The highest BCUT2D eigenvalue weighted by Gasteiger charge is 2.26. The minimum atomic E-state index is -0.591. The molecule has 0 aromatic rings. The van der Waals surface area contributed by atoms with Crippen LogP contribution in [0.25, 0.3) is 0 Å². The van der Waals surface area contributed by atoms with Crippen LogP contribution in [-0.2, 0) is 14.3 Å². The molecule has 1 atom stereocenters. The number of ether oxygens (including phenoxy) is 1. The van der Waals surface area contributed by atoms with Gasteiger partial charge in [-0.15, -0.1) is 0 Å². The van der Waals surface area contributed by atoms with Crippen LogP contribution in [0.1, 0.15) is 40.5 Å². The fraction of sp³-hybridized carbons (Fsp3) is 0.846. The van der Waals surface area contributed by atoms with E-state index in [1.165, 1.54) is 0 Å². The standard InChI is InChI=1S/C13H24N2O3/c1-9(12(17)18-13(2,3)4)15-11(16)10-5-7-14-8-6-10/h9-10,14H,5-8H2,1-4H3,(H,15,16). The molecule has 1 aliphatic rings. The van der Waals surface area contributed by atoms with Crippen molar-refractivity contribution in [2.75, 3.05) is 13.1 Å². The van der Waals surface area contributed by atoms with Gasteiger partial charge < -0.3 is 15.4 Å². The molecule has 0 bridgehead atoms. The van der Waals surface area contributed by atoms with Crippen molar-refractivity contribution in [3.8, 4) is 0 Å². The van der Waals surface area contributed by atoms with Gasteiger partial charge in [0.05, 0.1) is 0 Å². The van der Waals surface area contributed by atoms with Gasteiger partial charge >= 0.3 is 5.97 Å². The lowest BCUT2D eigenvalue weighted by molar-refractivity contribution is -0.158. The predicted molar refractivity (Wildman–Crippen MR) is 69.0 cm³/mol. The van der Waals surface area contributed by atoms with Gasteiger partial charge in [0, 0.05) is 5.92 Å². The summed E-state index contributed by atoms with van der Waals surface area (Å²) in [4.78, 5) is 23.7. The average molecular weight is 256 g/mol. The lowest BCUT2D eigenvalue weighted by Crippen LogP contribution is -2.46. The Balaban J connectivity index is 2.41. The molecule has 0 aromatic heterocycles. The maximum Gasteiger partial charge on any atom is 0.328 e. The zero-order chi connectivity index (χ0) is 13.8. The molecule has 1 saturated heterocycles. The molecule has 5 heteroatoms. The molecule has 104 valence electrons.